The lowest BCUT2D eigenvalue weighted by atomic mass is 9.99. The van der Waals surface area contributed by atoms with E-state index in [4.69, 9.17) is 5.10 Å². The first-order chi connectivity index (χ1) is 12.3. The van der Waals surface area contributed by atoms with E-state index in [1.54, 1.807) is 0 Å². The number of nitrogens with zero attached hydrogens (tertiary/aromatic N) is 2. The number of benzene rings is 2. The summed E-state index contributed by atoms with van der Waals surface area (Å²) in [7, 11) is 0. The van der Waals surface area contributed by atoms with Gasteiger partial charge >= 0.3 is 0 Å². The SMILES string of the molecule is O=C(CCc1c(-c2ccccc2)nn2ccccc12)c1ccccc1. The summed E-state index contributed by atoms with van der Waals surface area (Å²) in [4.78, 5) is 12.5. The summed E-state index contributed by atoms with van der Waals surface area (Å²) in [5, 5.41) is 4.74. The lowest BCUT2D eigenvalue weighted by Crippen LogP contribution is -2.01. The molecule has 2 heterocycles. The van der Waals surface area contributed by atoms with Crippen LogP contribution < -0.4 is 0 Å². The van der Waals surface area contributed by atoms with Crippen LogP contribution in [0, 0.1) is 0 Å². The molecule has 0 unspecified atom stereocenters. The molecule has 0 atom stereocenters. The van der Waals surface area contributed by atoms with Crippen molar-refractivity contribution in [3.05, 3.63) is 96.2 Å². The molecule has 3 heteroatoms. The van der Waals surface area contributed by atoms with Crippen LogP contribution in [0.25, 0.3) is 16.8 Å². The lowest BCUT2D eigenvalue weighted by molar-refractivity contribution is 0.0983. The van der Waals surface area contributed by atoms with Crippen molar-refractivity contribution in [3.8, 4) is 11.3 Å². The number of fused-ring (bicyclic) bond motifs is 1. The van der Waals surface area contributed by atoms with Crippen LogP contribution in [0.1, 0.15) is 22.3 Å². The molecule has 0 aliphatic carbocycles. The summed E-state index contributed by atoms with van der Waals surface area (Å²) >= 11 is 0. The topological polar surface area (TPSA) is 34.4 Å². The van der Waals surface area contributed by atoms with Crippen LogP contribution in [-0.4, -0.2) is 15.4 Å². The van der Waals surface area contributed by atoms with Crippen LogP contribution in [-0.2, 0) is 6.42 Å². The molecule has 0 spiro atoms. The molecule has 0 N–H and O–H groups in total. The Labute approximate surface area is 146 Å². The summed E-state index contributed by atoms with van der Waals surface area (Å²) in [6, 6.07) is 25.6. The first-order valence-electron chi connectivity index (χ1n) is 8.43. The fourth-order valence-electron chi connectivity index (χ4n) is 3.13. The second-order valence-corrected chi connectivity index (χ2v) is 6.01. The van der Waals surface area contributed by atoms with Crippen molar-refractivity contribution in [1.29, 1.82) is 0 Å². The van der Waals surface area contributed by atoms with E-state index in [0.717, 1.165) is 27.9 Å². The standard InChI is InChI=1S/C22H18N2O/c25-21(17-9-3-1-4-10-17)15-14-19-20-13-7-8-16-24(20)23-22(19)18-11-5-2-6-12-18/h1-13,16H,14-15H2. The van der Waals surface area contributed by atoms with Gasteiger partial charge in [-0.15, -0.1) is 0 Å². The number of carbonyl (C=O) groups excluding carboxylic acids is 1. The molecule has 25 heavy (non-hydrogen) atoms. The zero-order valence-corrected chi connectivity index (χ0v) is 13.8. The number of carbonyl (C=O) groups is 1. The summed E-state index contributed by atoms with van der Waals surface area (Å²) in [5.41, 5.74) is 4.97. The maximum Gasteiger partial charge on any atom is 0.163 e. The molecule has 0 bridgehead atoms. The highest BCUT2D eigenvalue weighted by Crippen LogP contribution is 2.27. The van der Waals surface area contributed by atoms with Gasteiger partial charge in [0.25, 0.3) is 0 Å². The zero-order chi connectivity index (χ0) is 17.1. The predicted molar refractivity (Wildman–Crippen MR) is 99.7 cm³/mol. The number of Topliss-reactive ketones (excluding diaryl/α,β-unsaturated/α-hetero) is 1. The fraction of sp³-hybridized carbons (Fsp3) is 0.0909. The van der Waals surface area contributed by atoms with Gasteiger partial charge in [-0.1, -0.05) is 66.7 Å². The van der Waals surface area contributed by atoms with E-state index in [2.05, 4.69) is 18.2 Å². The Balaban J connectivity index is 1.69. The van der Waals surface area contributed by atoms with Gasteiger partial charge in [-0.25, -0.2) is 4.52 Å². The van der Waals surface area contributed by atoms with Crippen LogP contribution in [0.15, 0.2) is 85.1 Å². The van der Waals surface area contributed by atoms with Crippen molar-refractivity contribution in [2.24, 2.45) is 0 Å². The van der Waals surface area contributed by atoms with Gasteiger partial charge < -0.3 is 0 Å². The van der Waals surface area contributed by atoms with Gasteiger partial charge in [0, 0.05) is 29.3 Å². The molecular weight excluding hydrogens is 308 g/mol. The Morgan fingerprint density at radius 2 is 1.52 bits per heavy atom. The van der Waals surface area contributed by atoms with Crippen LogP contribution in [0.3, 0.4) is 0 Å². The molecule has 122 valence electrons. The molecule has 0 aliphatic heterocycles. The minimum absolute atomic E-state index is 0.162. The highest BCUT2D eigenvalue weighted by Gasteiger charge is 2.15. The van der Waals surface area contributed by atoms with Gasteiger partial charge in [0.05, 0.1) is 11.2 Å². The minimum atomic E-state index is 0.162. The first-order valence-corrected chi connectivity index (χ1v) is 8.43. The fourth-order valence-corrected chi connectivity index (χ4v) is 3.13. The smallest absolute Gasteiger partial charge is 0.163 e. The van der Waals surface area contributed by atoms with Crippen LogP contribution in [0.5, 0.6) is 0 Å². The van der Waals surface area contributed by atoms with Crippen molar-refractivity contribution in [1.82, 2.24) is 9.61 Å². The number of ketones is 1. The van der Waals surface area contributed by atoms with E-state index in [-0.39, 0.29) is 5.78 Å². The van der Waals surface area contributed by atoms with Crippen molar-refractivity contribution in [3.63, 3.8) is 0 Å². The number of hydrogen-bond acceptors (Lipinski definition) is 2. The second-order valence-electron chi connectivity index (χ2n) is 6.01. The number of pyridine rings is 1. The summed E-state index contributed by atoms with van der Waals surface area (Å²) < 4.78 is 1.89. The highest BCUT2D eigenvalue weighted by molar-refractivity contribution is 5.96. The number of rotatable bonds is 5. The predicted octanol–water partition coefficient (Wildman–Crippen LogP) is 4.82. The normalized spacial score (nSPS) is 10.9. The molecule has 2 aromatic carbocycles. The van der Waals surface area contributed by atoms with E-state index in [1.165, 1.54) is 0 Å². The molecule has 0 saturated carbocycles. The summed E-state index contributed by atoms with van der Waals surface area (Å²) in [6.45, 7) is 0. The van der Waals surface area contributed by atoms with E-state index < -0.39 is 0 Å². The molecule has 0 aliphatic rings. The molecular formula is C22H18N2O. The quantitative estimate of drug-likeness (QED) is 0.493. The van der Waals surface area contributed by atoms with Crippen molar-refractivity contribution in [2.75, 3.05) is 0 Å². The van der Waals surface area contributed by atoms with Gasteiger partial charge in [-0.2, -0.15) is 5.10 Å². The van der Waals surface area contributed by atoms with E-state index in [0.29, 0.717) is 12.8 Å². The average Bonchev–Trinajstić information content (AvgIpc) is 3.06. The maximum atomic E-state index is 12.5. The third-order valence-electron chi connectivity index (χ3n) is 4.39. The van der Waals surface area contributed by atoms with Crippen LogP contribution in [0.2, 0.25) is 0 Å². The Hall–Kier alpha value is -3.20. The Kier molecular flexibility index (Phi) is 4.13. The maximum absolute atomic E-state index is 12.5. The van der Waals surface area contributed by atoms with E-state index >= 15 is 0 Å². The average molecular weight is 326 g/mol. The van der Waals surface area contributed by atoms with Gasteiger partial charge in [0.1, 0.15) is 0 Å². The lowest BCUT2D eigenvalue weighted by Gasteiger charge is -2.04. The Morgan fingerprint density at radius 3 is 2.28 bits per heavy atom. The number of hydrogen-bond donors (Lipinski definition) is 0. The van der Waals surface area contributed by atoms with Crippen molar-refractivity contribution < 1.29 is 4.79 Å². The zero-order valence-electron chi connectivity index (χ0n) is 13.8. The molecule has 0 saturated heterocycles. The van der Waals surface area contributed by atoms with Crippen LogP contribution >= 0.6 is 0 Å². The minimum Gasteiger partial charge on any atom is -0.294 e. The molecule has 3 nitrogen and oxygen atoms in total. The van der Waals surface area contributed by atoms with Crippen molar-refractivity contribution in [2.45, 2.75) is 12.8 Å². The van der Waals surface area contributed by atoms with Gasteiger partial charge in [-0.3, -0.25) is 4.79 Å². The van der Waals surface area contributed by atoms with Crippen LogP contribution in [0.4, 0.5) is 0 Å². The Morgan fingerprint density at radius 1 is 0.840 bits per heavy atom. The molecule has 2 aromatic heterocycles. The van der Waals surface area contributed by atoms with Crippen molar-refractivity contribution >= 4 is 11.3 Å². The van der Waals surface area contributed by atoms with Gasteiger partial charge in [-0.05, 0) is 18.6 Å². The Bertz CT molecular complexity index is 1000. The third-order valence-corrected chi connectivity index (χ3v) is 4.39. The molecule has 0 fully saturated rings. The largest absolute Gasteiger partial charge is 0.294 e. The summed E-state index contributed by atoms with van der Waals surface area (Å²) in [6.07, 6.45) is 3.09. The van der Waals surface area contributed by atoms with E-state index in [9.17, 15) is 4.79 Å². The third kappa shape index (κ3) is 3.09. The molecule has 4 rings (SSSR count). The first kappa shape index (κ1) is 15.3. The van der Waals surface area contributed by atoms with E-state index in [1.807, 2.05) is 71.4 Å². The monoisotopic (exact) mass is 326 g/mol. The molecule has 0 amide bonds. The molecule has 4 aromatic rings. The van der Waals surface area contributed by atoms with Gasteiger partial charge in [0.2, 0.25) is 0 Å². The van der Waals surface area contributed by atoms with Gasteiger partial charge in [0.15, 0.2) is 5.78 Å². The number of aryl methyl sites for hydroxylation is 1. The second kappa shape index (κ2) is 6.73. The summed E-state index contributed by atoms with van der Waals surface area (Å²) in [5.74, 6) is 0.162. The molecule has 0 radical (unpaired) electrons. The highest BCUT2D eigenvalue weighted by atomic mass is 16.1. The number of aromatic nitrogens is 2.